The quantitative estimate of drug-likeness (QED) is 0.0176. The van der Waals surface area contributed by atoms with Crippen molar-refractivity contribution in [1.29, 1.82) is 0 Å². The summed E-state index contributed by atoms with van der Waals surface area (Å²) in [4.78, 5) is 10.9. The topological polar surface area (TPSA) is 278 Å². The fourth-order valence-electron chi connectivity index (χ4n) is 13.4. The van der Waals surface area contributed by atoms with Gasteiger partial charge in [0, 0.05) is 13.5 Å². The standard InChI is InChI=1S/C20H31NO4.C18H30O3.C17H26O3.C16H24O3.C16H26O3/c1-16(22)21-13-10-19(23)17-8-7-9-18(14-17)25-15-20(24)11-5-3-2-4-6-12-20;1-4-8-17(19)15-9-7-10-16(13-15)21-14-18(20,11-5-2)12-6-3;1-2-7-16(18)14-8-6-9-15(12-14)20-13-17(19)10-4-3-5-11-17;1-2-6-15(17)13-7-5-8-14(11-13)19-12-16(18)9-3-4-10-16;1-4-8-15(17)13-9-7-10-14(11-13)19-12-16(18,5-2)6-3/h7-9,14,19,23-24H,2-6,10-13,15H2,1H3,(H,21,22);7,9-10,13,17,19-20H,4-6,8,11-12,14H2,1-3H3;6,8-9,12,16,18-19H,2-5,7,10-11,13H2,1H3;5,7-8,11,15,17-18H,2-4,6,9-10,12H2,1H3;7,9-11,15,17-18H,4-6,8,12H2,1-3H3. The van der Waals surface area contributed by atoms with Crippen molar-refractivity contribution in [3.8, 4) is 28.7 Å². The van der Waals surface area contributed by atoms with Crippen LogP contribution in [-0.2, 0) is 4.79 Å². The van der Waals surface area contributed by atoms with Crippen LogP contribution in [0.5, 0.6) is 28.7 Å². The average Bonchev–Trinajstić information content (AvgIpc) is 1.35. The minimum atomic E-state index is -0.766. The monoisotopic (exact) mass is 1450 g/mol. The molecular formula is C87H137NO16. The molecule has 5 aromatic rings. The molecule has 0 saturated heterocycles. The van der Waals surface area contributed by atoms with Gasteiger partial charge in [0.1, 0.15) is 61.8 Å². The van der Waals surface area contributed by atoms with E-state index in [4.69, 9.17) is 23.7 Å². The van der Waals surface area contributed by atoms with Gasteiger partial charge in [0.25, 0.3) is 0 Å². The van der Waals surface area contributed by atoms with E-state index in [0.717, 1.165) is 193 Å². The van der Waals surface area contributed by atoms with Gasteiger partial charge in [-0.2, -0.15) is 0 Å². The first-order chi connectivity index (χ1) is 49.8. The van der Waals surface area contributed by atoms with Crippen molar-refractivity contribution in [1.82, 2.24) is 5.32 Å². The molecule has 5 atom stereocenters. The molecule has 0 bridgehead atoms. The number of rotatable bonds is 37. The van der Waals surface area contributed by atoms with Crippen LogP contribution < -0.4 is 29.0 Å². The van der Waals surface area contributed by atoms with Crippen molar-refractivity contribution in [2.75, 3.05) is 39.6 Å². The van der Waals surface area contributed by atoms with Crippen LogP contribution in [0.1, 0.15) is 320 Å². The largest absolute Gasteiger partial charge is 0.491 e. The lowest BCUT2D eigenvalue weighted by Crippen LogP contribution is -2.37. The molecule has 0 aliphatic heterocycles. The molecule has 5 aromatic carbocycles. The van der Waals surface area contributed by atoms with Crippen LogP contribution in [0.25, 0.3) is 0 Å². The summed E-state index contributed by atoms with van der Waals surface area (Å²) in [6.45, 7) is 19.7. The third-order valence-corrected chi connectivity index (χ3v) is 20.1. The maximum Gasteiger partial charge on any atom is 0.216 e. The zero-order valence-electron chi connectivity index (χ0n) is 65.0. The minimum absolute atomic E-state index is 0.100. The fourth-order valence-corrected chi connectivity index (χ4v) is 13.4. The Balaban J connectivity index is 0.000000276. The highest BCUT2D eigenvalue weighted by Gasteiger charge is 2.33. The van der Waals surface area contributed by atoms with Gasteiger partial charge in [-0.15, -0.1) is 0 Å². The molecule has 104 heavy (non-hydrogen) atoms. The minimum Gasteiger partial charge on any atom is -0.491 e. The Kier molecular flexibility index (Phi) is 42.8. The number of nitrogens with one attached hydrogen (secondary N) is 1. The molecule has 17 heteroatoms. The van der Waals surface area contributed by atoms with E-state index in [0.29, 0.717) is 69.5 Å². The molecule has 0 radical (unpaired) electrons. The van der Waals surface area contributed by atoms with E-state index in [1.54, 1.807) is 0 Å². The van der Waals surface area contributed by atoms with Crippen molar-refractivity contribution >= 4 is 5.91 Å². The molecule has 17 nitrogen and oxygen atoms in total. The van der Waals surface area contributed by atoms with Crippen LogP contribution in [0.3, 0.4) is 0 Å². The number of hydrogen-bond acceptors (Lipinski definition) is 16. The maximum atomic E-state index is 10.9. The van der Waals surface area contributed by atoms with Crippen molar-refractivity contribution in [3.05, 3.63) is 149 Å². The van der Waals surface area contributed by atoms with Gasteiger partial charge < -0.3 is 80.1 Å². The van der Waals surface area contributed by atoms with E-state index in [2.05, 4.69) is 39.9 Å². The second-order valence-electron chi connectivity index (χ2n) is 29.7. The van der Waals surface area contributed by atoms with Gasteiger partial charge in [0.15, 0.2) is 0 Å². The highest BCUT2D eigenvalue weighted by molar-refractivity contribution is 5.72. The van der Waals surface area contributed by atoms with Crippen molar-refractivity contribution < 1.29 is 79.5 Å². The van der Waals surface area contributed by atoms with E-state index in [1.165, 1.54) is 32.6 Å². The van der Waals surface area contributed by atoms with Crippen LogP contribution in [-0.4, -0.2) is 125 Å². The summed E-state index contributed by atoms with van der Waals surface area (Å²) in [6.07, 6.45) is 25.7. The summed E-state index contributed by atoms with van der Waals surface area (Å²) in [5.41, 5.74) is 0.693. The second-order valence-corrected chi connectivity index (χ2v) is 29.7. The Morgan fingerprint density at radius 1 is 0.375 bits per heavy atom. The Hall–Kier alpha value is -5.83. The normalized spacial score (nSPS) is 16.9. The molecule has 3 saturated carbocycles. The van der Waals surface area contributed by atoms with Crippen LogP contribution in [0.2, 0.25) is 0 Å². The molecule has 3 aliphatic carbocycles. The van der Waals surface area contributed by atoms with Crippen LogP contribution in [0.4, 0.5) is 0 Å². The number of hydrogen-bond donors (Lipinski definition) is 11. The third-order valence-electron chi connectivity index (χ3n) is 20.1. The van der Waals surface area contributed by atoms with Gasteiger partial charge in [-0.05, 0) is 185 Å². The Bertz CT molecular complexity index is 3000. The third kappa shape index (κ3) is 35.3. The molecule has 11 N–H and O–H groups in total. The van der Waals surface area contributed by atoms with Gasteiger partial charge in [-0.25, -0.2) is 0 Å². The Morgan fingerprint density at radius 3 is 0.894 bits per heavy atom. The van der Waals surface area contributed by atoms with Gasteiger partial charge in [0.05, 0.1) is 58.5 Å². The highest BCUT2D eigenvalue weighted by Crippen LogP contribution is 2.35. The molecule has 0 heterocycles. The van der Waals surface area contributed by atoms with E-state index in [1.807, 2.05) is 142 Å². The summed E-state index contributed by atoms with van der Waals surface area (Å²) < 4.78 is 28.7. The van der Waals surface area contributed by atoms with Crippen molar-refractivity contribution in [3.63, 3.8) is 0 Å². The SMILES string of the molecule is CC(=O)NCCC(O)c1cccc(OCC2(O)CCCCCCC2)c1.CCCC(O)c1cccc(OCC(O)(CC)CC)c1.CCCC(O)c1cccc(OCC(O)(CCC)CCC)c1.CCCC(O)c1cccc(OCC2(O)CCCC2)c1.CCCC(O)c1cccc(OCC2(O)CCCCC2)c1. The number of benzene rings is 5. The van der Waals surface area contributed by atoms with Crippen LogP contribution in [0, 0.1) is 0 Å². The summed E-state index contributed by atoms with van der Waals surface area (Å²) >= 11 is 0. The van der Waals surface area contributed by atoms with E-state index >= 15 is 0 Å². The first-order valence-corrected chi connectivity index (χ1v) is 39.7. The van der Waals surface area contributed by atoms with E-state index in [-0.39, 0.29) is 12.5 Å². The van der Waals surface area contributed by atoms with Gasteiger partial charge in [-0.3, -0.25) is 4.79 Å². The van der Waals surface area contributed by atoms with E-state index < -0.39 is 58.5 Å². The average molecular weight is 1450 g/mol. The first kappa shape index (κ1) is 90.6. The number of carbonyl (C=O) groups excluding carboxylic acids is 1. The predicted molar refractivity (Wildman–Crippen MR) is 416 cm³/mol. The molecule has 3 fully saturated rings. The van der Waals surface area contributed by atoms with Crippen molar-refractivity contribution in [2.45, 2.75) is 320 Å². The highest BCUT2D eigenvalue weighted by atomic mass is 16.5. The maximum absolute atomic E-state index is 10.9. The van der Waals surface area contributed by atoms with E-state index in [9.17, 15) is 55.9 Å². The number of aliphatic hydroxyl groups excluding tert-OH is 5. The Labute approximate surface area is 625 Å². The van der Waals surface area contributed by atoms with Gasteiger partial charge in [-0.1, -0.05) is 219 Å². The first-order valence-electron chi connectivity index (χ1n) is 39.7. The molecule has 0 aromatic heterocycles. The molecule has 1 amide bonds. The number of amides is 1. The summed E-state index contributed by atoms with van der Waals surface area (Å²) in [7, 11) is 0. The predicted octanol–water partition coefficient (Wildman–Crippen LogP) is 17.6. The van der Waals surface area contributed by atoms with Crippen molar-refractivity contribution in [2.24, 2.45) is 0 Å². The summed E-state index contributed by atoms with van der Waals surface area (Å²) in [5, 5.41) is 105. The lowest BCUT2D eigenvalue weighted by molar-refractivity contribution is -0.119. The van der Waals surface area contributed by atoms with Crippen LogP contribution >= 0.6 is 0 Å². The fraction of sp³-hybridized carbons (Fsp3) is 0.644. The smallest absolute Gasteiger partial charge is 0.216 e. The number of aliphatic hydroxyl groups is 10. The zero-order valence-corrected chi connectivity index (χ0v) is 65.0. The van der Waals surface area contributed by atoms with Crippen LogP contribution in [0.15, 0.2) is 121 Å². The lowest BCUT2D eigenvalue weighted by atomic mass is 9.85. The summed E-state index contributed by atoms with van der Waals surface area (Å²) in [5.74, 6) is 3.44. The number of ether oxygens (including phenoxy) is 5. The molecule has 5 unspecified atom stereocenters. The summed E-state index contributed by atoms with van der Waals surface area (Å²) in [6, 6.07) is 37.5. The molecular weight excluding hydrogens is 1310 g/mol. The number of carbonyl (C=O) groups is 1. The van der Waals surface area contributed by atoms with Gasteiger partial charge >= 0.3 is 0 Å². The zero-order chi connectivity index (χ0) is 76.3. The second kappa shape index (κ2) is 49.2. The van der Waals surface area contributed by atoms with Gasteiger partial charge in [0.2, 0.25) is 5.91 Å². The molecule has 0 spiro atoms. The Morgan fingerprint density at radius 2 is 0.625 bits per heavy atom. The molecule has 3 aliphatic rings. The molecule has 8 rings (SSSR count). The lowest BCUT2D eigenvalue weighted by Gasteiger charge is -2.31. The molecule has 586 valence electrons.